The van der Waals surface area contributed by atoms with Gasteiger partial charge in [0.05, 0.1) is 20.3 Å². The number of hydrogen-bond donors (Lipinski definition) is 1. The molecule has 1 aliphatic rings. The van der Waals surface area contributed by atoms with Gasteiger partial charge in [-0.1, -0.05) is 36.4 Å². The van der Waals surface area contributed by atoms with E-state index in [0.717, 1.165) is 5.56 Å². The fourth-order valence-corrected chi connectivity index (χ4v) is 3.21. The Kier molecular flexibility index (Phi) is 7.03. The maximum atomic E-state index is 12.5. The van der Waals surface area contributed by atoms with Crippen LogP contribution in [0.5, 0.6) is 5.75 Å². The third kappa shape index (κ3) is 5.33. The molecule has 6 heteroatoms. The molecule has 1 heterocycles. The number of amides is 2. The number of carbonyl (C=O) groups is 2. The van der Waals surface area contributed by atoms with E-state index in [0.29, 0.717) is 50.4 Å². The van der Waals surface area contributed by atoms with E-state index in [1.165, 1.54) is 0 Å². The first-order valence-electron chi connectivity index (χ1n) is 9.54. The molecule has 1 unspecified atom stereocenters. The highest BCUT2D eigenvalue weighted by Crippen LogP contribution is 2.22. The van der Waals surface area contributed by atoms with Crippen LogP contribution in [0.15, 0.2) is 54.6 Å². The highest BCUT2D eigenvalue weighted by molar-refractivity contribution is 5.94. The molecule has 28 heavy (non-hydrogen) atoms. The summed E-state index contributed by atoms with van der Waals surface area (Å²) in [5, 5.41) is 2.85. The number of ether oxygens (including phenoxy) is 2. The van der Waals surface area contributed by atoms with Crippen molar-refractivity contribution < 1.29 is 19.1 Å². The molecule has 6 nitrogen and oxygen atoms in total. The number of benzene rings is 2. The van der Waals surface area contributed by atoms with Crippen LogP contribution >= 0.6 is 0 Å². The van der Waals surface area contributed by atoms with Crippen molar-refractivity contribution in [1.82, 2.24) is 10.2 Å². The van der Waals surface area contributed by atoms with Crippen molar-refractivity contribution in [3.05, 3.63) is 65.7 Å². The Labute approximate surface area is 165 Å². The smallest absolute Gasteiger partial charge is 0.251 e. The van der Waals surface area contributed by atoms with Crippen molar-refractivity contribution in [2.75, 3.05) is 33.4 Å². The molecule has 2 amide bonds. The molecule has 0 radical (unpaired) electrons. The average Bonchev–Trinajstić information content (AvgIpc) is 2.77. The summed E-state index contributed by atoms with van der Waals surface area (Å²) in [7, 11) is 1.57. The van der Waals surface area contributed by atoms with Crippen LogP contribution in [0.1, 0.15) is 34.9 Å². The Balaban J connectivity index is 1.42. The Morgan fingerprint density at radius 1 is 1.18 bits per heavy atom. The SMILES string of the molecule is COc1cccc(C(=O)NCCCC(=O)N2CCOC(c3ccccc3)C2)c1. The van der Waals surface area contributed by atoms with Crippen molar-refractivity contribution in [3.63, 3.8) is 0 Å². The van der Waals surface area contributed by atoms with Crippen molar-refractivity contribution in [2.45, 2.75) is 18.9 Å². The van der Waals surface area contributed by atoms with E-state index in [4.69, 9.17) is 9.47 Å². The lowest BCUT2D eigenvalue weighted by atomic mass is 10.1. The van der Waals surface area contributed by atoms with Gasteiger partial charge in [-0.25, -0.2) is 0 Å². The van der Waals surface area contributed by atoms with Crippen LogP contribution in [-0.4, -0.2) is 50.1 Å². The predicted octanol–water partition coefficient (Wildman–Crippen LogP) is 2.81. The topological polar surface area (TPSA) is 67.9 Å². The summed E-state index contributed by atoms with van der Waals surface area (Å²) in [6.45, 7) is 2.17. The van der Waals surface area contributed by atoms with E-state index < -0.39 is 0 Å². The molecule has 2 aromatic carbocycles. The van der Waals surface area contributed by atoms with E-state index in [1.54, 1.807) is 31.4 Å². The Morgan fingerprint density at radius 3 is 2.79 bits per heavy atom. The zero-order chi connectivity index (χ0) is 19.8. The molecule has 1 atom stereocenters. The largest absolute Gasteiger partial charge is 0.497 e. The second kappa shape index (κ2) is 9.90. The van der Waals surface area contributed by atoms with Crippen molar-refractivity contribution in [3.8, 4) is 5.75 Å². The number of carbonyl (C=O) groups excluding carboxylic acids is 2. The van der Waals surface area contributed by atoms with Gasteiger partial charge in [0.25, 0.3) is 5.91 Å². The molecule has 1 fully saturated rings. The zero-order valence-electron chi connectivity index (χ0n) is 16.1. The minimum Gasteiger partial charge on any atom is -0.497 e. The second-order valence-corrected chi connectivity index (χ2v) is 6.70. The molecule has 0 saturated carbocycles. The van der Waals surface area contributed by atoms with Crippen LogP contribution < -0.4 is 10.1 Å². The van der Waals surface area contributed by atoms with Gasteiger partial charge in [-0.15, -0.1) is 0 Å². The van der Waals surface area contributed by atoms with Crippen LogP contribution in [0.3, 0.4) is 0 Å². The first kappa shape index (κ1) is 19.9. The first-order chi connectivity index (χ1) is 13.7. The summed E-state index contributed by atoms with van der Waals surface area (Å²) < 4.78 is 10.9. The monoisotopic (exact) mass is 382 g/mol. The van der Waals surface area contributed by atoms with Crippen LogP contribution in [0.2, 0.25) is 0 Å². The van der Waals surface area contributed by atoms with E-state index in [2.05, 4.69) is 5.32 Å². The lowest BCUT2D eigenvalue weighted by molar-refractivity contribution is -0.139. The third-order valence-electron chi connectivity index (χ3n) is 4.78. The highest BCUT2D eigenvalue weighted by Gasteiger charge is 2.24. The van der Waals surface area contributed by atoms with Crippen molar-refractivity contribution in [1.29, 1.82) is 0 Å². The van der Waals surface area contributed by atoms with Gasteiger partial charge >= 0.3 is 0 Å². The van der Waals surface area contributed by atoms with Gasteiger partial charge < -0.3 is 19.7 Å². The standard InChI is InChI=1S/C22H26N2O4/c1-27-19-10-5-9-18(15-19)22(26)23-12-6-11-21(25)24-13-14-28-20(16-24)17-7-3-2-4-8-17/h2-5,7-10,15,20H,6,11-14,16H2,1H3,(H,23,26). The predicted molar refractivity (Wildman–Crippen MR) is 106 cm³/mol. The molecule has 0 bridgehead atoms. The summed E-state index contributed by atoms with van der Waals surface area (Å²) >= 11 is 0. The van der Waals surface area contributed by atoms with Gasteiger partial charge in [0.15, 0.2) is 0 Å². The normalized spacial score (nSPS) is 16.5. The van der Waals surface area contributed by atoms with Crippen LogP contribution in [0.4, 0.5) is 0 Å². The summed E-state index contributed by atoms with van der Waals surface area (Å²) in [5.74, 6) is 0.574. The molecule has 1 saturated heterocycles. The quantitative estimate of drug-likeness (QED) is 0.748. The van der Waals surface area contributed by atoms with E-state index in [1.807, 2.05) is 35.2 Å². The molecular formula is C22H26N2O4. The lowest BCUT2D eigenvalue weighted by Gasteiger charge is -2.33. The fourth-order valence-electron chi connectivity index (χ4n) is 3.21. The van der Waals surface area contributed by atoms with Gasteiger partial charge in [0.2, 0.25) is 5.91 Å². The molecule has 148 valence electrons. The van der Waals surface area contributed by atoms with E-state index >= 15 is 0 Å². The van der Waals surface area contributed by atoms with Crippen LogP contribution in [0.25, 0.3) is 0 Å². The van der Waals surface area contributed by atoms with Gasteiger partial charge in [0.1, 0.15) is 11.9 Å². The van der Waals surface area contributed by atoms with Crippen molar-refractivity contribution >= 4 is 11.8 Å². The number of rotatable bonds is 7. The summed E-state index contributed by atoms with van der Waals surface area (Å²) in [6.07, 6.45) is 0.925. The summed E-state index contributed by atoms with van der Waals surface area (Å²) in [6, 6.07) is 17.0. The average molecular weight is 382 g/mol. The summed E-state index contributed by atoms with van der Waals surface area (Å²) in [4.78, 5) is 26.5. The van der Waals surface area contributed by atoms with E-state index in [9.17, 15) is 9.59 Å². The minimum absolute atomic E-state index is 0.0772. The molecule has 0 spiro atoms. The fraction of sp³-hybridized carbons (Fsp3) is 0.364. The first-order valence-corrected chi connectivity index (χ1v) is 9.54. The maximum Gasteiger partial charge on any atom is 0.251 e. The maximum absolute atomic E-state index is 12.5. The van der Waals surface area contributed by atoms with Crippen LogP contribution in [0, 0.1) is 0 Å². The van der Waals surface area contributed by atoms with Gasteiger partial charge in [-0.3, -0.25) is 9.59 Å². The molecule has 0 aromatic heterocycles. The van der Waals surface area contributed by atoms with Gasteiger partial charge in [-0.2, -0.15) is 0 Å². The molecular weight excluding hydrogens is 356 g/mol. The Bertz CT molecular complexity index is 794. The molecule has 2 aromatic rings. The van der Waals surface area contributed by atoms with Crippen LogP contribution in [-0.2, 0) is 9.53 Å². The molecule has 3 rings (SSSR count). The molecule has 1 N–H and O–H groups in total. The van der Waals surface area contributed by atoms with Crippen molar-refractivity contribution in [2.24, 2.45) is 0 Å². The zero-order valence-corrected chi connectivity index (χ0v) is 16.1. The molecule has 0 aliphatic carbocycles. The second-order valence-electron chi connectivity index (χ2n) is 6.70. The third-order valence-corrected chi connectivity index (χ3v) is 4.78. The highest BCUT2D eigenvalue weighted by atomic mass is 16.5. The lowest BCUT2D eigenvalue weighted by Crippen LogP contribution is -2.42. The molecule has 1 aliphatic heterocycles. The number of hydrogen-bond acceptors (Lipinski definition) is 4. The van der Waals surface area contributed by atoms with Gasteiger partial charge in [-0.05, 0) is 30.2 Å². The number of morpholine rings is 1. The minimum atomic E-state index is -0.165. The number of methoxy groups -OCH3 is 1. The summed E-state index contributed by atoms with van der Waals surface area (Å²) in [5.41, 5.74) is 1.63. The number of nitrogens with zero attached hydrogens (tertiary/aromatic N) is 1. The number of nitrogens with one attached hydrogen (secondary N) is 1. The Hall–Kier alpha value is -2.86. The Morgan fingerprint density at radius 2 is 2.00 bits per heavy atom. The van der Waals surface area contributed by atoms with Gasteiger partial charge in [0, 0.05) is 25.1 Å². The van der Waals surface area contributed by atoms with E-state index in [-0.39, 0.29) is 17.9 Å².